The molecule has 0 aliphatic heterocycles. The number of hydrogen-bond donors (Lipinski definition) is 2. The van der Waals surface area contributed by atoms with Crippen molar-refractivity contribution in [3.8, 4) is 5.75 Å². The molecule has 1 saturated carbocycles. The van der Waals surface area contributed by atoms with Crippen molar-refractivity contribution >= 4 is 11.4 Å². The first kappa shape index (κ1) is 13.1. The molecule has 0 saturated heterocycles. The summed E-state index contributed by atoms with van der Waals surface area (Å²) in [6.07, 6.45) is 4.97. The first-order valence-corrected chi connectivity index (χ1v) is 6.90. The molecule has 0 unspecified atom stereocenters. The summed E-state index contributed by atoms with van der Waals surface area (Å²) >= 11 is 0. The van der Waals surface area contributed by atoms with Crippen molar-refractivity contribution in [3.63, 3.8) is 0 Å². The predicted molar refractivity (Wildman–Crippen MR) is 77.1 cm³/mol. The van der Waals surface area contributed by atoms with E-state index in [4.69, 9.17) is 10.5 Å². The van der Waals surface area contributed by atoms with Crippen LogP contribution in [0.15, 0.2) is 18.2 Å². The second kappa shape index (κ2) is 5.51. The third-order valence-electron chi connectivity index (χ3n) is 3.79. The zero-order valence-electron chi connectivity index (χ0n) is 11.5. The van der Waals surface area contributed by atoms with Crippen LogP contribution in [-0.4, -0.2) is 13.2 Å². The van der Waals surface area contributed by atoms with Crippen LogP contribution < -0.4 is 15.8 Å². The van der Waals surface area contributed by atoms with Gasteiger partial charge < -0.3 is 15.8 Å². The summed E-state index contributed by atoms with van der Waals surface area (Å²) in [5, 5.41) is 3.47. The first-order chi connectivity index (χ1) is 8.64. The Kier molecular flexibility index (Phi) is 4.00. The van der Waals surface area contributed by atoms with Crippen molar-refractivity contribution in [2.24, 2.45) is 5.41 Å². The van der Waals surface area contributed by atoms with Crippen LogP contribution >= 0.6 is 0 Å². The SMILES string of the molecule is CCCOc1cccc(NCC2(C)CCC2)c1N. The van der Waals surface area contributed by atoms with Crippen molar-refractivity contribution in [2.45, 2.75) is 39.5 Å². The number of benzene rings is 1. The molecule has 0 amide bonds. The fourth-order valence-corrected chi connectivity index (χ4v) is 2.30. The van der Waals surface area contributed by atoms with Gasteiger partial charge in [-0.05, 0) is 36.8 Å². The molecular weight excluding hydrogens is 224 g/mol. The Balaban J connectivity index is 1.99. The summed E-state index contributed by atoms with van der Waals surface area (Å²) < 4.78 is 5.63. The molecule has 18 heavy (non-hydrogen) atoms. The third kappa shape index (κ3) is 2.89. The zero-order chi connectivity index (χ0) is 13.0. The highest BCUT2D eigenvalue weighted by atomic mass is 16.5. The van der Waals surface area contributed by atoms with E-state index in [-0.39, 0.29) is 0 Å². The molecule has 1 aliphatic rings. The van der Waals surface area contributed by atoms with Crippen LogP contribution in [0, 0.1) is 5.41 Å². The number of nitrogen functional groups attached to an aromatic ring is 1. The van der Waals surface area contributed by atoms with Crippen LogP contribution in [0.4, 0.5) is 11.4 Å². The van der Waals surface area contributed by atoms with Gasteiger partial charge in [-0.1, -0.05) is 26.3 Å². The number of nitrogens with one attached hydrogen (secondary N) is 1. The van der Waals surface area contributed by atoms with Crippen molar-refractivity contribution in [3.05, 3.63) is 18.2 Å². The number of nitrogens with two attached hydrogens (primary N) is 1. The van der Waals surface area contributed by atoms with Gasteiger partial charge in [0.05, 0.1) is 18.0 Å². The van der Waals surface area contributed by atoms with E-state index < -0.39 is 0 Å². The molecule has 0 atom stereocenters. The summed E-state index contributed by atoms with van der Waals surface area (Å²) in [4.78, 5) is 0. The fraction of sp³-hybridized carbons (Fsp3) is 0.600. The first-order valence-electron chi connectivity index (χ1n) is 6.90. The van der Waals surface area contributed by atoms with Crippen molar-refractivity contribution < 1.29 is 4.74 Å². The molecule has 3 nitrogen and oxygen atoms in total. The number of anilines is 2. The van der Waals surface area contributed by atoms with Gasteiger partial charge in [0.25, 0.3) is 0 Å². The minimum atomic E-state index is 0.451. The third-order valence-corrected chi connectivity index (χ3v) is 3.79. The molecule has 1 aromatic rings. The molecule has 1 aliphatic carbocycles. The van der Waals surface area contributed by atoms with E-state index >= 15 is 0 Å². The van der Waals surface area contributed by atoms with Crippen LogP contribution in [0.1, 0.15) is 39.5 Å². The highest BCUT2D eigenvalue weighted by Gasteiger charge is 2.31. The number of rotatable bonds is 6. The Morgan fingerprint density at radius 3 is 2.78 bits per heavy atom. The van der Waals surface area contributed by atoms with Crippen molar-refractivity contribution in [2.75, 3.05) is 24.2 Å². The molecular formula is C15H24N2O. The van der Waals surface area contributed by atoms with Gasteiger partial charge >= 0.3 is 0 Å². The van der Waals surface area contributed by atoms with Crippen molar-refractivity contribution in [1.29, 1.82) is 0 Å². The maximum atomic E-state index is 6.13. The highest BCUT2D eigenvalue weighted by molar-refractivity contribution is 5.72. The Hall–Kier alpha value is -1.38. The minimum Gasteiger partial charge on any atom is -0.491 e. The standard InChI is InChI=1S/C15H24N2O/c1-3-10-18-13-7-4-6-12(14(13)16)17-11-15(2)8-5-9-15/h4,6-7,17H,3,5,8-11,16H2,1-2H3. The van der Waals surface area contributed by atoms with Crippen LogP contribution in [0.2, 0.25) is 0 Å². The summed E-state index contributed by atoms with van der Waals surface area (Å²) in [6.45, 7) is 6.13. The van der Waals surface area contributed by atoms with Gasteiger partial charge in [-0.25, -0.2) is 0 Å². The molecule has 3 N–H and O–H groups in total. The summed E-state index contributed by atoms with van der Waals surface area (Å²) in [7, 11) is 0. The van der Waals surface area contributed by atoms with E-state index in [0.29, 0.717) is 12.0 Å². The number of hydrogen-bond acceptors (Lipinski definition) is 3. The lowest BCUT2D eigenvalue weighted by Gasteiger charge is -2.38. The van der Waals surface area contributed by atoms with E-state index in [9.17, 15) is 0 Å². The van der Waals surface area contributed by atoms with Gasteiger partial charge in [-0.3, -0.25) is 0 Å². The maximum absolute atomic E-state index is 6.13. The molecule has 3 heteroatoms. The maximum Gasteiger partial charge on any atom is 0.144 e. The minimum absolute atomic E-state index is 0.451. The second-order valence-electron chi connectivity index (χ2n) is 5.58. The largest absolute Gasteiger partial charge is 0.491 e. The summed E-state index contributed by atoms with van der Waals surface area (Å²) in [6, 6.07) is 5.95. The van der Waals surface area contributed by atoms with Crippen LogP contribution in [0.5, 0.6) is 5.75 Å². The van der Waals surface area contributed by atoms with E-state index in [2.05, 4.69) is 19.2 Å². The zero-order valence-corrected chi connectivity index (χ0v) is 11.5. The molecule has 0 spiro atoms. The van der Waals surface area contributed by atoms with E-state index in [0.717, 1.165) is 30.1 Å². The Labute approximate surface area is 110 Å². The molecule has 0 heterocycles. The van der Waals surface area contributed by atoms with E-state index in [1.807, 2.05) is 18.2 Å². The highest BCUT2D eigenvalue weighted by Crippen LogP contribution is 2.41. The lowest BCUT2D eigenvalue weighted by atomic mass is 9.70. The molecule has 1 aromatic carbocycles. The molecule has 1 fully saturated rings. The quantitative estimate of drug-likeness (QED) is 0.755. The topological polar surface area (TPSA) is 47.3 Å². The molecule has 0 aromatic heterocycles. The Morgan fingerprint density at radius 1 is 1.39 bits per heavy atom. The molecule has 100 valence electrons. The lowest BCUT2D eigenvalue weighted by molar-refractivity contribution is 0.180. The fourth-order valence-electron chi connectivity index (χ4n) is 2.30. The average molecular weight is 248 g/mol. The van der Waals surface area contributed by atoms with Gasteiger partial charge in [0.1, 0.15) is 5.75 Å². The van der Waals surface area contributed by atoms with Gasteiger partial charge in [-0.2, -0.15) is 0 Å². The summed E-state index contributed by atoms with van der Waals surface area (Å²) in [5.41, 5.74) is 8.30. The van der Waals surface area contributed by atoms with Gasteiger partial charge in [0.2, 0.25) is 0 Å². The average Bonchev–Trinajstić information content (AvgIpc) is 2.34. The lowest BCUT2D eigenvalue weighted by Crippen LogP contribution is -2.33. The second-order valence-corrected chi connectivity index (χ2v) is 5.58. The predicted octanol–water partition coefficient (Wildman–Crippen LogP) is 3.66. The van der Waals surface area contributed by atoms with Gasteiger partial charge in [0, 0.05) is 6.54 Å². The molecule has 0 bridgehead atoms. The van der Waals surface area contributed by atoms with E-state index in [1.165, 1.54) is 19.3 Å². The van der Waals surface area contributed by atoms with Crippen LogP contribution in [0.3, 0.4) is 0 Å². The number of ether oxygens (including phenoxy) is 1. The monoisotopic (exact) mass is 248 g/mol. The molecule has 0 radical (unpaired) electrons. The van der Waals surface area contributed by atoms with Crippen molar-refractivity contribution in [1.82, 2.24) is 0 Å². The van der Waals surface area contributed by atoms with E-state index in [1.54, 1.807) is 0 Å². The Bertz CT molecular complexity index is 399. The van der Waals surface area contributed by atoms with Crippen LogP contribution in [0.25, 0.3) is 0 Å². The summed E-state index contributed by atoms with van der Waals surface area (Å²) in [5.74, 6) is 0.792. The van der Waals surface area contributed by atoms with Gasteiger partial charge in [0.15, 0.2) is 0 Å². The number of para-hydroxylation sites is 1. The smallest absolute Gasteiger partial charge is 0.144 e. The van der Waals surface area contributed by atoms with Crippen LogP contribution in [-0.2, 0) is 0 Å². The normalized spacial score (nSPS) is 17.0. The Morgan fingerprint density at radius 2 is 2.17 bits per heavy atom. The molecule has 2 rings (SSSR count). The van der Waals surface area contributed by atoms with Gasteiger partial charge in [-0.15, -0.1) is 0 Å².